The van der Waals surface area contributed by atoms with Crippen molar-refractivity contribution in [2.24, 2.45) is 0 Å². The Hall–Kier alpha value is -0.940. The number of rotatable bonds is 7. The molecule has 0 bridgehead atoms. The van der Waals surface area contributed by atoms with Gasteiger partial charge in [-0.25, -0.2) is 4.79 Å². The predicted molar refractivity (Wildman–Crippen MR) is 76.3 cm³/mol. The Morgan fingerprint density at radius 1 is 1.32 bits per heavy atom. The molecule has 7 heteroatoms. The highest BCUT2D eigenvalue weighted by molar-refractivity contribution is 8.07. The summed E-state index contributed by atoms with van der Waals surface area (Å²) in [6.07, 6.45) is 0. The van der Waals surface area contributed by atoms with Gasteiger partial charge in [0.2, 0.25) is 0 Å². The number of hydrogen-bond donors (Lipinski definition) is 1. The van der Waals surface area contributed by atoms with Crippen molar-refractivity contribution >= 4 is 24.5 Å². The first kappa shape index (κ1) is 16.1. The summed E-state index contributed by atoms with van der Waals surface area (Å²) in [7, 11) is 0. The average molecular weight is 304 g/mol. The molecule has 1 rings (SSSR count). The Kier molecular flexibility index (Phi) is 5.94. The molecule has 0 aromatic heterocycles. The molecule has 0 saturated heterocycles. The first-order valence-electron chi connectivity index (χ1n) is 5.84. The molecule has 5 nitrogen and oxygen atoms in total. The van der Waals surface area contributed by atoms with Crippen LogP contribution in [0.1, 0.15) is 29.8 Å². The van der Waals surface area contributed by atoms with Gasteiger partial charge in [-0.1, -0.05) is 0 Å². The normalized spacial score (nSPS) is 11.3. The van der Waals surface area contributed by atoms with Crippen molar-refractivity contribution in [2.75, 3.05) is 13.2 Å². The number of carboxylic acids is 1. The summed E-state index contributed by atoms with van der Waals surface area (Å²) >= 11 is 5.24. The smallest absolute Gasteiger partial charge is 0.380 e. The molecule has 0 unspecified atom stereocenters. The lowest BCUT2D eigenvalue weighted by atomic mass is 10.1. The first-order chi connectivity index (χ1) is 8.91. The lowest BCUT2D eigenvalue weighted by Gasteiger charge is -2.21. The Bertz CT molecular complexity index is 493. The van der Waals surface area contributed by atoms with Gasteiger partial charge in [-0.3, -0.25) is 9.05 Å². The van der Waals surface area contributed by atoms with Crippen LogP contribution in [0.2, 0.25) is 0 Å². The lowest BCUT2D eigenvalue weighted by molar-refractivity contribution is 0.0696. The van der Waals surface area contributed by atoms with E-state index in [0.717, 1.165) is 0 Å². The van der Waals surface area contributed by atoms with E-state index in [0.29, 0.717) is 24.5 Å². The summed E-state index contributed by atoms with van der Waals surface area (Å²) in [4.78, 5) is 10.9. The standard InChI is InChI=1S/C12H17O5PS/c1-4-15-18(19,16-5-2)17-10-6-7-11(12(13)14)9(3)8-10/h6-8H,4-5H2,1-3H3,(H,13,14). The molecule has 19 heavy (non-hydrogen) atoms. The molecular weight excluding hydrogens is 287 g/mol. The number of benzene rings is 1. The number of carbonyl (C=O) groups is 1. The van der Waals surface area contributed by atoms with Crippen LogP contribution in [0.25, 0.3) is 0 Å². The zero-order valence-electron chi connectivity index (χ0n) is 11.1. The second-order valence-corrected chi connectivity index (χ2v) is 6.59. The van der Waals surface area contributed by atoms with Crippen molar-refractivity contribution < 1.29 is 23.5 Å². The molecule has 0 aliphatic carbocycles. The second kappa shape index (κ2) is 7.01. The molecule has 1 aromatic rings. The third-order valence-electron chi connectivity index (χ3n) is 2.22. The highest BCUT2D eigenvalue weighted by Crippen LogP contribution is 2.49. The van der Waals surface area contributed by atoms with Crippen LogP contribution in [-0.4, -0.2) is 24.3 Å². The van der Waals surface area contributed by atoms with Gasteiger partial charge in [0.25, 0.3) is 0 Å². The van der Waals surface area contributed by atoms with E-state index in [1.165, 1.54) is 6.07 Å². The van der Waals surface area contributed by atoms with Crippen LogP contribution in [0.3, 0.4) is 0 Å². The maximum atomic E-state index is 10.9. The van der Waals surface area contributed by atoms with Crippen molar-refractivity contribution in [3.63, 3.8) is 0 Å². The van der Waals surface area contributed by atoms with Gasteiger partial charge in [0.15, 0.2) is 0 Å². The minimum absolute atomic E-state index is 0.230. The van der Waals surface area contributed by atoms with Crippen molar-refractivity contribution in [1.82, 2.24) is 0 Å². The predicted octanol–water partition coefficient (Wildman–Crippen LogP) is 3.37. The summed E-state index contributed by atoms with van der Waals surface area (Å²) in [5.41, 5.74) is 0.827. The van der Waals surface area contributed by atoms with E-state index in [4.69, 9.17) is 30.5 Å². The fourth-order valence-corrected chi connectivity index (χ4v) is 3.54. The monoisotopic (exact) mass is 304 g/mol. The number of hydrogen-bond acceptors (Lipinski definition) is 5. The van der Waals surface area contributed by atoms with Crippen LogP contribution in [0.15, 0.2) is 18.2 Å². The Balaban J connectivity index is 2.95. The Labute approximate surface area is 117 Å². The SMILES string of the molecule is CCOP(=S)(OCC)Oc1ccc(C(=O)O)c(C)c1. The number of aryl methyl sites for hydroxylation is 1. The molecule has 0 radical (unpaired) electrons. The molecule has 0 spiro atoms. The molecule has 0 saturated carbocycles. The minimum Gasteiger partial charge on any atom is -0.478 e. The van der Waals surface area contributed by atoms with Gasteiger partial charge in [-0.2, -0.15) is 0 Å². The Morgan fingerprint density at radius 3 is 2.32 bits per heavy atom. The van der Waals surface area contributed by atoms with Gasteiger partial charge in [-0.05, 0) is 44.5 Å². The molecule has 0 heterocycles. The van der Waals surface area contributed by atoms with Gasteiger partial charge in [-0.15, -0.1) is 0 Å². The topological polar surface area (TPSA) is 65.0 Å². The van der Waals surface area contributed by atoms with Crippen molar-refractivity contribution in [3.05, 3.63) is 29.3 Å². The number of carboxylic acid groups (broad SMARTS) is 1. The summed E-state index contributed by atoms with van der Waals surface area (Å²) in [5, 5.41) is 8.95. The van der Waals surface area contributed by atoms with Gasteiger partial charge in [0.05, 0.1) is 18.8 Å². The van der Waals surface area contributed by atoms with E-state index in [9.17, 15) is 4.79 Å². The van der Waals surface area contributed by atoms with Gasteiger partial charge in [0.1, 0.15) is 5.75 Å². The first-order valence-corrected chi connectivity index (χ1v) is 8.40. The number of aromatic carboxylic acids is 1. The molecule has 106 valence electrons. The molecule has 0 amide bonds. The second-order valence-electron chi connectivity index (χ2n) is 3.66. The van der Waals surface area contributed by atoms with Crippen LogP contribution >= 0.6 is 6.72 Å². The van der Waals surface area contributed by atoms with E-state index >= 15 is 0 Å². The molecule has 1 N–H and O–H groups in total. The van der Waals surface area contributed by atoms with Crippen LogP contribution in [0, 0.1) is 6.92 Å². The fourth-order valence-electron chi connectivity index (χ4n) is 1.47. The van der Waals surface area contributed by atoms with E-state index in [-0.39, 0.29) is 5.56 Å². The molecule has 1 aromatic carbocycles. The van der Waals surface area contributed by atoms with E-state index < -0.39 is 12.7 Å². The van der Waals surface area contributed by atoms with Crippen LogP contribution < -0.4 is 4.52 Å². The van der Waals surface area contributed by atoms with Gasteiger partial charge in [0, 0.05) is 11.8 Å². The molecule has 0 atom stereocenters. The minimum atomic E-state index is -2.81. The molecule has 0 aliphatic heterocycles. The third-order valence-corrected chi connectivity index (χ3v) is 4.66. The van der Waals surface area contributed by atoms with E-state index in [1.54, 1.807) is 19.1 Å². The van der Waals surface area contributed by atoms with Gasteiger partial charge >= 0.3 is 12.7 Å². The van der Waals surface area contributed by atoms with Crippen LogP contribution in [0.5, 0.6) is 5.75 Å². The van der Waals surface area contributed by atoms with Crippen molar-refractivity contribution in [1.29, 1.82) is 0 Å². The molecule has 0 fully saturated rings. The Morgan fingerprint density at radius 2 is 1.89 bits per heavy atom. The quantitative estimate of drug-likeness (QED) is 0.779. The van der Waals surface area contributed by atoms with E-state index in [1.807, 2.05) is 13.8 Å². The maximum absolute atomic E-state index is 10.9. The lowest BCUT2D eigenvalue weighted by Crippen LogP contribution is -2.03. The zero-order chi connectivity index (χ0) is 14.5. The van der Waals surface area contributed by atoms with Gasteiger partial charge < -0.3 is 9.63 Å². The fraction of sp³-hybridized carbons (Fsp3) is 0.417. The van der Waals surface area contributed by atoms with Crippen molar-refractivity contribution in [2.45, 2.75) is 20.8 Å². The zero-order valence-corrected chi connectivity index (χ0v) is 12.8. The largest absolute Gasteiger partial charge is 0.478 e. The average Bonchev–Trinajstić information content (AvgIpc) is 2.28. The summed E-state index contributed by atoms with van der Waals surface area (Å²) < 4.78 is 16.3. The third kappa shape index (κ3) is 4.58. The van der Waals surface area contributed by atoms with Crippen LogP contribution in [-0.2, 0) is 20.9 Å². The summed E-state index contributed by atoms with van der Waals surface area (Å²) in [6.45, 7) is 3.28. The molecule has 0 aliphatic rings. The highest BCUT2D eigenvalue weighted by Gasteiger charge is 2.21. The summed E-state index contributed by atoms with van der Waals surface area (Å²) in [5.74, 6) is -0.522. The highest BCUT2D eigenvalue weighted by atomic mass is 32.5. The van der Waals surface area contributed by atoms with E-state index in [2.05, 4.69) is 0 Å². The molecular formula is C12H17O5PS. The van der Waals surface area contributed by atoms with Crippen molar-refractivity contribution in [3.8, 4) is 5.75 Å². The maximum Gasteiger partial charge on any atom is 0.380 e. The van der Waals surface area contributed by atoms with Crippen LogP contribution in [0.4, 0.5) is 0 Å². The summed E-state index contributed by atoms with van der Waals surface area (Å²) in [6, 6.07) is 4.64.